The summed E-state index contributed by atoms with van der Waals surface area (Å²) in [6, 6.07) is 36.8. The standard InChI is InChI=1S/C32H35OS/c1-31(2,3)24-12-18-28(19-13-24)34(29-20-14-25(15-21-29)32(4,5)6)30-22-16-27(17-23-30)33-26-10-8-7-9-11-26/h7-23H,1-6H3/q+1. The van der Waals surface area contributed by atoms with Gasteiger partial charge in [-0.1, -0.05) is 84.0 Å². The molecule has 1 nitrogen and oxygen atoms in total. The fourth-order valence-electron chi connectivity index (χ4n) is 3.86. The van der Waals surface area contributed by atoms with Crippen LogP contribution in [0.2, 0.25) is 0 Å². The zero-order valence-corrected chi connectivity index (χ0v) is 21.9. The topological polar surface area (TPSA) is 9.23 Å². The molecule has 0 atom stereocenters. The Morgan fingerprint density at radius 3 is 1.18 bits per heavy atom. The lowest BCUT2D eigenvalue weighted by molar-refractivity contribution is 0.482. The first-order valence-corrected chi connectivity index (χ1v) is 13.1. The van der Waals surface area contributed by atoms with Crippen molar-refractivity contribution in [3.63, 3.8) is 0 Å². The van der Waals surface area contributed by atoms with Crippen LogP contribution in [-0.4, -0.2) is 0 Å². The van der Waals surface area contributed by atoms with E-state index in [1.807, 2.05) is 30.3 Å². The van der Waals surface area contributed by atoms with Crippen LogP contribution in [0.15, 0.2) is 118 Å². The average Bonchev–Trinajstić information content (AvgIpc) is 2.81. The number of ether oxygens (including phenoxy) is 1. The summed E-state index contributed by atoms with van der Waals surface area (Å²) in [5.74, 6) is 1.70. The maximum Gasteiger partial charge on any atom is 0.166 e. The fraction of sp³-hybridized carbons (Fsp3) is 0.250. The molecule has 4 rings (SSSR count). The molecule has 0 saturated heterocycles. The van der Waals surface area contributed by atoms with Crippen molar-refractivity contribution >= 4 is 10.9 Å². The van der Waals surface area contributed by atoms with Gasteiger partial charge in [-0.2, -0.15) is 0 Å². The summed E-state index contributed by atoms with van der Waals surface area (Å²) >= 11 is 0. The Hall–Kier alpha value is -2.97. The van der Waals surface area contributed by atoms with E-state index in [1.54, 1.807) is 0 Å². The quantitative estimate of drug-likeness (QED) is 0.266. The Morgan fingerprint density at radius 1 is 0.441 bits per heavy atom. The molecule has 0 unspecified atom stereocenters. The molecule has 0 aliphatic rings. The average molecular weight is 468 g/mol. The van der Waals surface area contributed by atoms with E-state index in [1.165, 1.54) is 25.8 Å². The molecule has 0 aliphatic carbocycles. The lowest BCUT2D eigenvalue weighted by Gasteiger charge is -2.20. The summed E-state index contributed by atoms with van der Waals surface area (Å²) in [5, 5.41) is 0. The van der Waals surface area contributed by atoms with Crippen LogP contribution in [0.1, 0.15) is 52.7 Å². The van der Waals surface area contributed by atoms with Crippen LogP contribution in [0.5, 0.6) is 11.5 Å². The van der Waals surface area contributed by atoms with Gasteiger partial charge in [-0.15, -0.1) is 0 Å². The smallest absolute Gasteiger partial charge is 0.166 e. The predicted octanol–water partition coefficient (Wildman–Crippen LogP) is 9.17. The summed E-state index contributed by atoms with van der Waals surface area (Å²) in [6.45, 7) is 13.6. The van der Waals surface area contributed by atoms with Crippen molar-refractivity contribution in [2.75, 3.05) is 0 Å². The third kappa shape index (κ3) is 5.74. The Morgan fingerprint density at radius 2 is 0.794 bits per heavy atom. The Kier molecular flexibility index (Phi) is 6.91. The highest BCUT2D eigenvalue weighted by Crippen LogP contribution is 2.35. The van der Waals surface area contributed by atoms with Gasteiger partial charge in [-0.3, -0.25) is 0 Å². The lowest BCUT2D eigenvalue weighted by atomic mass is 9.87. The van der Waals surface area contributed by atoms with Gasteiger partial charge >= 0.3 is 0 Å². The number of benzene rings is 4. The molecule has 0 bridgehead atoms. The molecule has 0 N–H and O–H groups in total. The zero-order chi connectivity index (χ0) is 24.3. The number of para-hydroxylation sites is 1. The molecular weight excluding hydrogens is 432 g/mol. The molecule has 2 heteroatoms. The van der Waals surface area contributed by atoms with Crippen molar-refractivity contribution in [2.45, 2.75) is 67.1 Å². The lowest BCUT2D eigenvalue weighted by Crippen LogP contribution is -2.13. The van der Waals surface area contributed by atoms with Gasteiger partial charge in [0.2, 0.25) is 0 Å². The molecule has 0 aromatic heterocycles. The van der Waals surface area contributed by atoms with E-state index >= 15 is 0 Å². The normalized spacial score (nSPS) is 12.1. The van der Waals surface area contributed by atoms with Crippen molar-refractivity contribution in [1.82, 2.24) is 0 Å². The molecule has 0 fully saturated rings. The van der Waals surface area contributed by atoms with E-state index in [2.05, 4.69) is 114 Å². The molecule has 0 spiro atoms. The summed E-state index contributed by atoms with van der Waals surface area (Å²) < 4.78 is 6.03. The van der Waals surface area contributed by atoms with Gasteiger partial charge in [0.1, 0.15) is 11.5 Å². The van der Waals surface area contributed by atoms with Crippen LogP contribution in [0.3, 0.4) is 0 Å². The highest BCUT2D eigenvalue weighted by molar-refractivity contribution is 7.97. The van der Waals surface area contributed by atoms with E-state index in [4.69, 9.17) is 4.74 Å². The largest absolute Gasteiger partial charge is 0.457 e. The van der Waals surface area contributed by atoms with Gasteiger partial charge in [0.15, 0.2) is 14.7 Å². The van der Waals surface area contributed by atoms with Crippen LogP contribution in [0.25, 0.3) is 0 Å². The van der Waals surface area contributed by atoms with Crippen molar-refractivity contribution < 1.29 is 4.74 Å². The van der Waals surface area contributed by atoms with Gasteiger partial charge in [0, 0.05) is 0 Å². The van der Waals surface area contributed by atoms with Crippen LogP contribution >= 0.6 is 0 Å². The Labute approximate surface area is 208 Å². The van der Waals surface area contributed by atoms with E-state index in [-0.39, 0.29) is 21.7 Å². The zero-order valence-electron chi connectivity index (χ0n) is 21.1. The Bertz CT molecular complexity index is 1140. The second-order valence-corrected chi connectivity index (χ2v) is 12.8. The highest BCUT2D eigenvalue weighted by atomic mass is 32.2. The van der Waals surface area contributed by atoms with Crippen molar-refractivity contribution in [1.29, 1.82) is 0 Å². The molecule has 174 valence electrons. The molecule has 4 aromatic rings. The molecule has 34 heavy (non-hydrogen) atoms. The number of hydrogen-bond donors (Lipinski definition) is 0. The van der Waals surface area contributed by atoms with E-state index in [0.29, 0.717) is 0 Å². The molecule has 4 aromatic carbocycles. The van der Waals surface area contributed by atoms with E-state index in [0.717, 1.165) is 11.5 Å². The Balaban J connectivity index is 1.70. The van der Waals surface area contributed by atoms with Crippen molar-refractivity contribution in [2.24, 2.45) is 0 Å². The first kappa shape index (κ1) is 24.2. The van der Waals surface area contributed by atoms with Gasteiger partial charge in [-0.25, -0.2) is 0 Å². The first-order valence-electron chi connectivity index (χ1n) is 11.9. The number of hydrogen-bond acceptors (Lipinski definition) is 1. The van der Waals surface area contributed by atoms with Crippen LogP contribution in [-0.2, 0) is 21.7 Å². The molecule has 0 saturated carbocycles. The molecular formula is C32H35OS+. The summed E-state index contributed by atoms with van der Waals surface area (Å²) in [4.78, 5) is 3.94. The van der Waals surface area contributed by atoms with Gasteiger partial charge < -0.3 is 4.74 Å². The molecule has 0 aliphatic heterocycles. The molecule has 0 amide bonds. The minimum Gasteiger partial charge on any atom is -0.457 e. The SMILES string of the molecule is CC(C)(C)c1ccc([S+](c2ccc(Oc3ccccc3)cc2)c2ccc(C(C)(C)C)cc2)cc1. The van der Waals surface area contributed by atoms with E-state index < -0.39 is 0 Å². The van der Waals surface area contributed by atoms with E-state index in [9.17, 15) is 0 Å². The second-order valence-electron chi connectivity index (χ2n) is 10.7. The summed E-state index contributed by atoms with van der Waals surface area (Å²) in [7, 11) is -0.195. The van der Waals surface area contributed by atoms with Gasteiger partial charge in [0.25, 0.3) is 0 Å². The van der Waals surface area contributed by atoms with Crippen molar-refractivity contribution in [3.05, 3.63) is 114 Å². The first-order chi connectivity index (χ1) is 16.1. The molecule has 0 radical (unpaired) electrons. The van der Waals surface area contributed by atoms with Crippen molar-refractivity contribution in [3.8, 4) is 11.5 Å². The minimum atomic E-state index is -0.195. The monoisotopic (exact) mass is 467 g/mol. The second kappa shape index (κ2) is 9.72. The minimum absolute atomic E-state index is 0.141. The maximum absolute atomic E-state index is 6.03. The van der Waals surface area contributed by atoms with Gasteiger partial charge in [0.05, 0.1) is 10.9 Å². The third-order valence-electron chi connectivity index (χ3n) is 5.95. The third-order valence-corrected chi connectivity index (χ3v) is 8.18. The fourth-order valence-corrected chi connectivity index (χ4v) is 5.90. The van der Waals surface area contributed by atoms with Crippen LogP contribution < -0.4 is 4.74 Å². The maximum atomic E-state index is 6.03. The van der Waals surface area contributed by atoms with Crippen LogP contribution in [0.4, 0.5) is 0 Å². The summed E-state index contributed by atoms with van der Waals surface area (Å²) in [6.07, 6.45) is 0. The predicted molar refractivity (Wildman–Crippen MR) is 145 cm³/mol. The van der Waals surface area contributed by atoms with Gasteiger partial charge in [-0.05, 0) is 82.6 Å². The highest BCUT2D eigenvalue weighted by Gasteiger charge is 2.30. The van der Waals surface area contributed by atoms with Crippen LogP contribution in [0, 0.1) is 0 Å². The number of rotatable bonds is 5. The molecule has 0 heterocycles. The summed E-state index contributed by atoms with van der Waals surface area (Å²) in [5.41, 5.74) is 2.99.